The van der Waals surface area contributed by atoms with Gasteiger partial charge in [-0.15, -0.1) is 12.4 Å². The molecule has 2 rings (SSSR count). The summed E-state index contributed by atoms with van der Waals surface area (Å²) >= 11 is 0. The van der Waals surface area contributed by atoms with Crippen LogP contribution >= 0.6 is 12.4 Å². The van der Waals surface area contributed by atoms with Crippen LogP contribution in [0.4, 0.5) is 0 Å². The Bertz CT molecular complexity index is 369. The third-order valence-corrected chi connectivity index (χ3v) is 3.03. The van der Waals surface area contributed by atoms with Crippen molar-refractivity contribution >= 4 is 18.3 Å². The van der Waals surface area contributed by atoms with Crippen molar-refractivity contribution in [2.45, 2.75) is 6.54 Å². The fourth-order valence-electron chi connectivity index (χ4n) is 1.91. The van der Waals surface area contributed by atoms with Crippen molar-refractivity contribution in [1.82, 2.24) is 10.2 Å². The zero-order valence-electron chi connectivity index (χ0n) is 10.2. The van der Waals surface area contributed by atoms with E-state index in [0.29, 0.717) is 13.1 Å². The van der Waals surface area contributed by atoms with E-state index in [4.69, 9.17) is 5.11 Å². The van der Waals surface area contributed by atoms with Crippen LogP contribution in [-0.4, -0.2) is 42.2 Å². The van der Waals surface area contributed by atoms with Gasteiger partial charge in [-0.2, -0.15) is 0 Å². The molecule has 0 radical (unpaired) electrons. The number of hydrogen-bond donors (Lipinski definition) is 2. The molecule has 0 aromatic heterocycles. The van der Waals surface area contributed by atoms with Crippen molar-refractivity contribution in [3.8, 4) is 0 Å². The number of benzene rings is 1. The third-order valence-electron chi connectivity index (χ3n) is 3.03. The van der Waals surface area contributed by atoms with E-state index < -0.39 is 0 Å². The van der Waals surface area contributed by atoms with Gasteiger partial charge in [0.1, 0.15) is 0 Å². The summed E-state index contributed by atoms with van der Waals surface area (Å²) in [7, 11) is 0. The molecule has 0 saturated carbocycles. The first kappa shape index (κ1) is 15.0. The Hall–Kier alpha value is -1.10. The van der Waals surface area contributed by atoms with E-state index in [1.54, 1.807) is 4.90 Å². The molecule has 100 valence electrons. The van der Waals surface area contributed by atoms with Gasteiger partial charge in [0.05, 0.1) is 12.5 Å². The van der Waals surface area contributed by atoms with E-state index in [1.165, 1.54) is 0 Å². The molecule has 0 bridgehead atoms. The van der Waals surface area contributed by atoms with Crippen LogP contribution in [0.3, 0.4) is 0 Å². The maximum Gasteiger partial charge on any atom is 0.228 e. The molecule has 1 fully saturated rings. The lowest BCUT2D eigenvalue weighted by molar-refractivity contribution is -0.138. The lowest BCUT2D eigenvalue weighted by atomic mass is 10.0. The number of nitrogens with one attached hydrogen (secondary N) is 1. The first-order valence-corrected chi connectivity index (χ1v) is 5.95. The van der Waals surface area contributed by atoms with Gasteiger partial charge in [0.15, 0.2) is 0 Å². The molecule has 1 aliphatic rings. The van der Waals surface area contributed by atoms with Gasteiger partial charge in [-0.1, -0.05) is 30.3 Å². The van der Waals surface area contributed by atoms with Gasteiger partial charge in [0.2, 0.25) is 5.91 Å². The molecule has 1 aromatic rings. The minimum atomic E-state index is 0. The highest BCUT2D eigenvalue weighted by Crippen LogP contribution is 2.11. The van der Waals surface area contributed by atoms with Gasteiger partial charge in [0, 0.05) is 26.2 Å². The number of aliphatic hydroxyl groups is 1. The normalized spacial score (nSPS) is 14.5. The largest absolute Gasteiger partial charge is 0.395 e. The molecule has 2 N–H and O–H groups in total. The van der Waals surface area contributed by atoms with E-state index in [9.17, 15) is 4.79 Å². The summed E-state index contributed by atoms with van der Waals surface area (Å²) in [5.74, 6) is 0.229. The molecule has 1 saturated heterocycles. The molecule has 0 spiro atoms. The molecule has 1 aromatic carbocycles. The van der Waals surface area contributed by atoms with E-state index in [1.807, 2.05) is 30.3 Å². The third kappa shape index (κ3) is 3.70. The lowest BCUT2D eigenvalue weighted by Crippen LogP contribution is -2.52. The molecule has 0 aliphatic carbocycles. The van der Waals surface area contributed by atoms with Crippen LogP contribution in [0.15, 0.2) is 30.3 Å². The molecule has 0 atom stereocenters. The van der Waals surface area contributed by atoms with Crippen molar-refractivity contribution in [2.24, 2.45) is 5.92 Å². The molecule has 1 aliphatic heterocycles. The second-order valence-electron chi connectivity index (χ2n) is 4.32. The quantitative estimate of drug-likeness (QED) is 0.826. The van der Waals surface area contributed by atoms with E-state index in [-0.39, 0.29) is 30.8 Å². The van der Waals surface area contributed by atoms with Gasteiger partial charge in [-0.3, -0.25) is 4.79 Å². The highest BCUT2D eigenvalue weighted by Gasteiger charge is 2.28. The Balaban J connectivity index is 0.00000162. The fraction of sp³-hybridized carbons (Fsp3) is 0.462. The van der Waals surface area contributed by atoms with Crippen molar-refractivity contribution in [2.75, 3.05) is 26.2 Å². The number of amides is 1. The number of hydrogen-bond acceptors (Lipinski definition) is 3. The Labute approximate surface area is 113 Å². The summed E-state index contributed by atoms with van der Waals surface area (Å²) in [4.78, 5) is 13.8. The number of aliphatic hydroxyl groups excluding tert-OH is 1. The van der Waals surface area contributed by atoms with Crippen LogP contribution in [0.5, 0.6) is 0 Å². The highest BCUT2D eigenvalue weighted by molar-refractivity contribution is 5.85. The molecule has 1 heterocycles. The molecule has 0 unspecified atom stereocenters. The predicted octanol–water partition coefficient (Wildman–Crippen LogP) is 0.649. The zero-order chi connectivity index (χ0) is 12.1. The summed E-state index contributed by atoms with van der Waals surface area (Å²) in [6.45, 7) is 2.52. The van der Waals surface area contributed by atoms with Gasteiger partial charge >= 0.3 is 0 Å². The Morgan fingerprint density at radius 2 is 2.00 bits per heavy atom. The van der Waals surface area contributed by atoms with E-state index >= 15 is 0 Å². The first-order valence-electron chi connectivity index (χ1n) is 5.95. The fourth-order valence-corrected chi connectivity index (χ4v) is 1.91. The van der Waals surface area contributed by atoms with Crippen molar-refractivity contribution in [3.63, 3.8) is 0 Å². The number of carbonyl (C=O) groups excluding carboxylic acids is 1. The van der Waals surface area contributed by atoms with Gasteiger partial charge in [-0.25, -0.2) is 0 Å². The van der Waals surface area contributed by atoms with Gasteiger partial charge in [-0.05, 0) is 5.56 Å². The monoisotopic (exact) mass is 270 g/mol. The average Bonchev–Trinajstić information content (AvgIpc) is 2.27. The molecular weight excluding hydrogens is 252 g/mol. The predicted molar refractivity (Wildman–Crippen MR) is 72.6 cm³/mol. The molecule has 5 heteroatoms. The zero-order valence-corrected chi connectivity index (χ0v) is 11.0. The minimum Gasteiger partial charge on any atom is -0.395 e. The maximum atomic E-state index is 12.1. The van der Waals surface area contributed by atoms with Crippen LogP contribution in [0.2, 0.25) is 0 Å². The molecule has 4 nitrogen and oxygen atoms in total. The Kier molecular flexibility index (Phi) is 6.12. The average molecular weight is 271 g/mol. The number of carbonyl (C=O) groups is 1. The highest BCUT2D eigenvalue weighted by atomic mass is 35.5. The molecule has 18 heavy (non-hydrogen) atoms. The van der Waals surface area contributed by atoms with Crippen LogP contribution < -0.4 is 5.32 Å². The number of halogens is 1. The Morgan fingerprint density at radius 3 is 2.50 bits per heavy atom. The number of nitrogens with zero attached hydrogens (tertiary/aromatic N) is 1. The number of rotatable bonds is 5. The van der Waals surface area contributed by atoms with E-state index in [0.717, 1.165) is 18.7 Å². The van der Waals surface area contributed by atoms with Crippen molar-refractivity contribution in [3.05, 3.63) is 35.9 Å². The summed E-state index contributed by atoms with van der Waals surface area (Å²) in [6.07, 6.45) is 0. The lowest BCUT2D eigenvalue weighted by Gasteiger charge is -2.32. The van der Waals surface area contributed by atoms with E-state index in [2.05, 4.69) is 5.32 Å². The summed E-state index contributed by atoms with van der Waals surface area (Å²) in [5.41, 5.74) is 1.10. The smallest absolute Gasteiger partial charge is 0.228 e. The second-order valence-corrected chi connectivity index (χ2v) is 4.32. The molecule has 1 amide bonds. The minimum absolute atomic E-state index is 0. The van der Waals surface area contributed by atoms with Gasteiger partial charge < -0.3 is 15.3 Å². The summed E-state index contributed by atoms with van der Waals surface area (Å²) in [5, 5.41) is 12.1. The summed E-state index contributed by atoms with van der Waals surface area (Å²) < 4.78 is 0. The molecular formula is C13H19ClN2O2. The first-order chi connectivity index (χ1) is 8.31. The topological polar surface area (TPSA) is 52.6 Å². The second kappa shape index (κ2) is 7.36. The Morgan fingerprint density at radius 1 is 1.33 bits per heavy atom. The maximum absolute atomic E-state index is 12.1. The van der Waals surface area contributed by atoms with Crippen molar-refractivity contribution in [1.29, 1.82) is 0 Å². The van der Waals surface area contributed by atoms with Crippen molar-refractivity contribution < 1.29 is 9.90 Å². The van der Waals surface area contributed by atoms with Crippen LogP contribution in [0.1, 0.15) is 5.56 Å². The van der Waals surface area contributed by atoms with Gasteiger partial charge in [0.25, 0.3) is 0 Å². The van der Waals surface area contributed by atoms with Crippen LogP contribution in [-0.2, 0) is 11.3 Å². The summed E-state index contributed by atoms with van der Waals surface area (Å²) in [6, 6.07) is 9.87. The SMILES string of the molecule is Cl.O=C(C1CNC1)N(CCO)Cc1ccccc1. The van der Waals surface area contributed by atoms with Crippen LogP contribution in [0.25, 0.3) is 0 Å². The standard InChI is InChI=1S/C13H18N2O2.ClH/c16-7-6-15(13(17)12-8-14-9-12)10-11-4-2-1-3-5-11;/h1-5,12,14,16H,6-10H2;1H. The van der Waals surface area contributed by atoms with Crippen LogP contribution in [0, 0.1) is 5.92 Å².